The summed E-state index contributed by atoms with van der Waals surface area (Å²) in [6.07, 6.45) is -5.36. The van der Waals surface area contributed by atoms with Gasteiger partial charge in [-0.15, -0.1) is 0 Å². The van der Waals surface area contributed by atoms with E-state index in [1.165, 1.54) is 50.4 Å². The number of halogens is 3. The van der Waals surface area contributed by atoms with Gasteiger partial charge in [0.1, 0.15) is 12.4 Å². The van der Waals surface area contributed by atoms with Gasteiger partial charge in [-0.3, -0.25) is 4.79 Å². The van der Waals surface area contributed by atoms with Crippen LogP contribution in [-0.4, -0.2) is 38.3 Å². The number of alkyl halides is 3. The molecule has 156 valence electrons. The lowest BCUT2D eigenvalue weighted by Gasteiger charge is -2.14. The van der Waals surface area contributed by atoms with E-state index in [0.717, 1.165) is 12.1 Å². The van der Waals surface area contributed by atoms with Crippen LogP contribution in [0.2, 0.25) is 0 Å². The minimum absolute atomic E-state index is 0.0255. The van der Waals surface area contributed by atoms with E-state index in [4.69, 9.17) is 14.2 Å². The molecule has 0 fully saturated rings. The predicted molar refractivity (Wildman–Crippen MR) is 98.8 cm³/mol. The molecule has 2 aromatic rings. The van der Waals surface area contributed by atoms with Crippen LogP contribution < -0.4 is 10.1 Å². The van der Waals surface area contributed by atoms with Crippen LogP contribution in [0.15, 0.2) is 48.5 Å². The predicted octanol–water partition coefficient (Wildman–Crippen LogP) is 3.91. The topological polar surface area (TPSA) is 73.9 Å². The van der Waals surface area contributed by atoms with Crippen LogP contribution in [-0.2, 0) is 20.4 Å². The molecule has 0 unspecified atom stereocenters. The first kappa shape index (κ1) is 22.2. The van der Waals surface area contributed by atoms with Crippen molar-refractivity contribution in [2.45, 2.75) is 19.2 Å². The monoisotopic (exact) mass is 411 g/mol. The second kappa shape index (κ2) is 9.92. The molecule has 0 aromatic heterocycles. The molecule has 0 bridgehead atoms. The fourth-order valence-corrected chi connectivity index (χ4v) is 2.26. The van der Waals surface area contributed by atoms with E-state index >= 15 is 0 Å². The van der Waals surface area contributed by atoms with Gasteiger partial charge in [-0.1, -0.05) is 6.07 Å². The van der Waals surface area contributed by atoms with Crippen molar-refractivity contribution in [1.82, 2.24) is 0 Å². The Kier molecular flexibility index (Phi) is 7.60. The molecule has 0 heterocycles. The Balaban J connectivity index is 1.96. The molecule has 1 atom stereocenters. The number of rotatable bonds is 8. The minimum Gasteiger partial charge on any atom is -0.479 e. The standard InChI is InChI=1S/C20H20F3NO5/c1-13(19(26)28-11-10-27-2)29-17-8-6-14(7-9-17)18(25)24-16-5-3-4-15(12-16)20(21,22)23/h3-9,12-13H,10-11H2,1-2H3,(H,24,25)/t13-/m1/s1. The fourth-order valence-electron chi connectivity index (χ4n) is 2.26. The number of carbonyl (C=O) groups excluding carboxylic acids is 2. The van der Waals surface area contributed by atoms with E-state index in [9.17, 15) is 22.8 Å². The number of ether oxygens (including phenoxy) is 3. The zero-order chi connectivity index (χ0) is 21.4. The third-order valence-corrected chi connectivity index (χ3v) is 3.74. The molecule has 2 aromatic carbocycles. The second-order valence-electron chi connectivity index (χ2n) is 5.98. The van der Waals surface area contributed by atoms with Crippen molar-refractivity contribution in [3.63, 3.8) is 0 Å². The van der Waals surface area contributed by atoms with Crippen molar-refractivity contribution in [1.29, 1.82) is 0 Å². The Morgan fingerprint density at radius 1 is 1.07 bits per heavy atom. The van der Waals surface area contributed by atoms with Gasteiger partial charge in [0.25, 0.3) is 5.91 Å². The van der Waals surface area contributed by atoms with Crippen LogP contribution in [0.4, 0.5) is 18.9 Å². The van der Waals surface area contributed by atoms with Crippen molar-refractivity contribution in [3.05, 3.63) is 59.7 Å². The number of carbonyl (C=O) groups is 2. The third-order valence-electron chi connectivity index (χ3n) is 3.74. The number of benzene rings is 2. The molecule has 0 aliphatic heterocycles. The molecule has 1 amide bonds. The summed E-state index contributed by atoms with van der Waals surface area (Å²) in [5.74, 6) is -0.812. The summed E-state index contributed by atoms with van der Waals surface area (Å²) in [6.45, 7) is 1.90. The molecule has 9 heteroatoms. The molecular weight excluding hydrogens is 391 g/mol. The minimum atomic E-state index is -4.50. The van der Waals surface area contributed by atoms with Crippen molar-refractivity contribution in [2.24, 2.45) is 0 Å². The maximum atomic E-state index is 12.8. The average Bonchev–Trinajstić information content (AvgIpc) is 2.68. The lowest BCUT2D eigenvalue weighted by molar-refractivity contribution is -0.152. The summed E-state index contributed by atoms with van der Waals surface area (Å²) in [6, 6.07) is 10.2. The van der Waals surface area contributed by atoms with Crippen LogP contribution >= 0.6 is 0 Å². The molecule has 0 radical (unpaired) electrons. The van der Waals surface area contributed by atoms with E-state index in [1.54, 1.807) is 0 Å². The summed E-state index contributed by atoms with van der Waals surface area (Å²) in [5, 5.41) is 2.41. The number of methoxy groups -OCH3 is 1. The normalized spacial score (nSPS) is 12.2. The average molecular weight is 411 g/mol. The van der Waals surface area contributed by atoms with E-state index in [0.29, 0.717) is 5.75 Å². The highest BCUT2D eigenvalue weighted by Crippen LogP contribution is 2.30. The first-order valence-electron chi connectivity index (χ1n) is 8.61. The van der Waals surface area contributed by atoms with Crippen LogP contribution in [0.1, 0.15) is 22.8 Å². The van der Waals surface area contributed by atoms with Crippen molar-refractivity contribution in [3.8, 4) is 5.75 Å². The first-order valence-corrected chi connectivity index (χ1v) is 8.61. The van der Waals surface area contributed by atoms with Crippen LogP contribution in [0.5, 0.6) is 5.75 Å². The highest BCUT2D eigenvalue weighted by Gasteiger charge is 2.30. The Labute approximate surface area is 165 Å². The van der Waals surface area contributed by atoms with Gasteiger partial charge in [0.15, 0.2) is 6.10 Å². The number of anilines is 1. The number of hydrogen-bond acceptors (Lipinski definition) is 5. The van der Waals surface area contributed by atoms with Gasteiger partial charge in [0.2, 0.25) is 0 Å². The molecule has 2 rings (SSSR count). The summed E-state index contributed by atoms with van der Waals surface area (Å²) in [5.41, 5.74) is -0.618. The Morgan fingerprint density at radius 3 is 2.38 bits per heavy atom. The van der Waals surface area contributed by atoms with E-state index in [1.807, 2.05) is 0 Å². The second-order valence-corrected chi connectivity index (χ2v) is 5.98. The number of nitrogens with one attached hydrogen (secondary N) is 1. The Morgan fingerprint density at radius 2 is 1.76 bits per heavy atom. The number of esters is 1. The molecule has 0 saturated carbocycles. The third kappa shape index (κ3) is 6.79. The van der Waals surface area contributed by atoms with Gasteiger partial charge in [0.05, 0.1) is 12.2 Å². The lowest BCUT2D eigenvalue weighted by Crippen LogP contribution is -2.27. The maximum Gasteiger partial charge on any atom is 0.416 e. The molecule has 1 N–H and O–H groups in total. The molecule has 0 aliphatic rings. The van der Waals surface area contributed by atoms with Crippen LogP contribution in [0.3, 0.4) is 0 Å². The van der Waals surface area contributed by atoms with Crippen LogP contribution in [0.25, 0.3) is 0 Å². The largest absolute Gasteiger partial charge is 0.479 e. The SMILES string of the molecule is COCCOC(=O)[C@@H](C)Oc1ccc(C(=O)Nc2cccc(C(F)(F)F)c2)cc1. The molecule has 6 nitrogen and oxygen atoms in total. The number of amides is 1. The Bertz CT molecular complexity index is 837. The van der Waals surface area contributed by atoms with Crippen molar-refractivity contribution >= 4 is 17.6 Å². The summed E-state index contributed by atoms with van der Waals surface area (Å²) in [4.78, 5) is 24.0. The molecule has 0 aliphatic carbocycles. The Hall–Kier alpha value is -3.07. The molecule has 0 spiro atoms. The summed E-state index contributed by atoms with van der Waals surface area (Å²) < 4.78 is 53.4. The summed E-state index contributed by atoms with van der Waals surface area (Å²) in [7, 11) is 1.48. The van der Waals surface area contributed by atoms with Gasteiger partial charge in [-0.05, 0) is 49.4 Å². The highest BCUT2D eigenvalue weighted by molar-refractivity contribution is 6.04. The lowest BCUT2D eigenvalue weighted by atomic mass is 10.1. The zero-order valence-corrected chi connectivity index (χ0v) is 15.8. The zero-order valence-electron chi connectivity index (χ0n) is 15.8. The van der Waals surface area contributed by atoms with Gasteiger partial charge in [-0.25, -0.2) is 4.79 Å². The van der Waals surface area contributed by atoms with Crippen molar-refractivity contribution in [2.75, 3.05) is 25.6 Å². The quantitative estimate of drug-likeness (QED) is 0.527. The highest BCUT2D eigenvalue weighted by atomic mass is 19.4. The summed E-state index contributed by atoms with van der Waals surface area (Å²) >= 11 is 0. The fraction of sp³-hybridized carbons (Fsp3) is 0.300. The van der Waals surface area contributed by atoms with Crippen molar-refractivity contribution < 1.29 is 37.0 Å². The smallest absolute Gasteiger partial charge is 0.416 e. The van der Waals surface area contributed by atoms with Crippen LogP contribution in [0, 0.1) is 0 Å². The maximum absolute atomic E-state index is 12.8. The molecule has 0 saturated heterocycles. The van der Waals surface area contributed by atoms with Gasteiger partial charge in [-0.2, -0.15) is 13.2 Å². The molecular formula is C20H20F3NO5. The van der Waals surface area contributed by atoms with E-state index < -0.39 is 29.7 Å². The number of hydrogen-bond donors (Lipinski definition) is 1. The first-order chi connectivity index (χ1) is 13.7. The van der Waals surface area contributed by atoms with Gasteiger partial charge < -0.3 is 19.5 Å². The van der Waals surface area contributed by atoms with E-state index in [2.05, 4.69) is 5.32 Å². The van der Waals surface area contributed by atoms with Gasteiger partial charge in [0, 0.05) is 18.4 Å². The van der Waals surface area contributed by atoms with Gasteiger partial charge >= 0.3 is 12.1 Å². The van der Waals surface area contributed by atoms with E-state index in [-0.39, 0.29) is 24.5 Å². The molecule has 29 heavy (non-hydrogen) atoms.